The van der Waals surface area contributed by atoms with E-state index in [2.05, 4.69) is 9.72 Å². The van der Waals surface area contributed by atoms with Gasteiger partial charge in [0.25, 0.3) is 5.91 Å². The number of nitrogens with two attached hydrogens (primary N) is 1. The van der Waals surface area contributed by atoms with Gasteiger partial charge in [0.2, 0.25) is 0 Å². The highest BCUT2D eigenvalue weighted by molar-refractivity contribution is 5.92. The SMILES string of the molecule is NC(=O)Oc1ccc(C(=O)N2CCCC(O)C2)nc1. The van der Waals surface area contributed by atoms with E-state index in [-0.39, 0.29) is 17.4 Å². The number of likely N-dealkylation sites (tertiary alicyclic amines) is 1. The summed E-state index contributed by atoms with van der Waals surface area (Å²) >= 11 is 0. The van der Waals surface area contributed by atoms with Crippen molar-refractivity contribution in [3.8, 4) is 5.75 Å². The van der Waals surface area contributed by atoms with Gasteiger partial charge in [0.1, 0.15) is 5.69 Å². The van der Waals surface area contributed by atoms with Crippen LogP contribution in [-0.2, 0) is 0 Å². The number of aliphatic hydroxyl groups is 1. The Morgan fingerprint density at radius 3 is 2.84 bits per heavy atom. The van der Waals surface area contributed by atoms with Crippen molar-refractivity contribution < 1.29 is 19.4 Å². The number of aromatic nitrogens is 1. The van der Waals surface area contributed by atoms with Crippen LogP contribution in [0.5, 0.6) is 5.75 Å². The summed E-state index contributed by atoms with van der Waals surface area (Å²) in [6, 6.07) is 2.91. The Bertz CT molecular complexity index is 474. The first-order valence-electron chi connectivity index (χ1n) is 5.97. The number of piperidine rings is 1. The normalized spacial score (nSPS) is 19.0. The molecular formula is C12H15N3O4. The van der Waals surface area contributed by atoms with Crippen LogP contribution in [0.25, 0.3) is 0 Å². The number of ether oxygens (including phenoxy) is 1. The third-order valence-corrected chi connectivity index (χ3v) is 2.86. The van der Waals surface area contributed by atoms with E-state index < -0.39 is 12.2 Å². The summed E-state index contributed by atoms with van der Waals surface area (Å²) in [5, 5.41) is 9.53. The minimum atomic E-state index is -0.931. The topological polar surface area (TPSA) is 106 Å². The maximum absolute atomic E-state index is 12.1. The summed E-state index contributed by atoms with van der Waals surface area (Å²) in [6.07, 6.45) is 1.34. The van der Waals surface area contributed by atoms with Gasteiger partial charge in [-0.1, -0.05) is 0 Å². The molecule has 2 amide bonds. The number of aliphatic hydroxyl groups excluding tert-OH is 1. The van der Waals surface area contributed by atoms with Gasteiger partial charge in [0.15, 0.2) is 5.75 Å². The van der Waals surface area contributed by atoms with E-state index in [4.69, 9.17) is 5.73 Å². The smallest absolute Gasteiger partial charge is 0.409 e. The van der Waals surface area contributed by atoms with Crippen molar-refractivity contribution in [2.75, 3.05) is 13.1 Å². The number of primary amides is 1. The van der Waals surface area contributed by atoms with Gasteiger partial charge in [0.05, 0.1) is 12.3 Å². The Kier molecular flexibility index (Phi) is 3.96. The monoisotopic (exact) mass is 265 g/mol. The second kappa shape index (κ2) is 5.66. The van der Waals surface area contributed by atoms with Crippen molar-refractivity contribution >= 4 is 12.0 Å². The van der Waals surface area contributed by atoms with Crippen molar-refractivity contribution in [1.29, 1.82) is 0 Å². The zero-order chi connectivity index (χ0) is 13.8. The zero-order valence-electron chi connectivity index (χ0n) is 10.3. The fraction of sp³-hybridized carbons (Fsp3) is 0.417. The minimum Gasteiger partial charge on any atom is -0.409 e. The van der Waals surface area contributed by atoms with Crippen molar-refractivity contribution in [2.24, 2.45) is 5.73 Å². The molecular weight excluding hydrogens is 250 g/mol. The van der Waals surface area contributed by atoms with Crippen molar-refractivity contribution in [3.63, 3.8) is 0 Å². The molecule has 2 heterocycles. The van der Waals surface area contributed by atoms with Gasteiger partial charge >= 0.3 is 6.09 Å². The van der Waals surface area contributed by atoms with E-state index in [1.807, 2.05) is 0 Å². The number of carbonyl (C=O) groups excluding carboxylic acids is 2. The lowest BCUT2D eigenvalue weighted by molar-refractivity contribution is 0.0469. The summed E-state index contributed by atoms with van der Waals surface area (Å²) in [4.78, 5) is 28.1. The van der Waals surface area contributed by atoms with Crippen molar-refractivity contribution in [1.82, 2.24) is 9.88 Å². The molecule has 1 aliphatic rings. The third kappa shape index (κ3) is 3.41. The van der Waals surface area contributed by atoms with Crippen LogP contribution in [-0.4, -0.2) is 46.2 Å². The highest BCUT2D eigenvalue weighted by Crippen LogP contribution is 2.14. The average Bonchev–Trinajstić information content (AvgIpc) is 2.38. The Morgan fingerprint density at radius 2 is 2.26 bits per heavy atom. The number of rotatable bonds is 2. The van der Waals surface area contributed by atoms with Gasteiger partial charge in [-0.05, 0) is 25.0 Å². The first kappa shape index (κ1) is 13.3. The number of pyridine rings is 1. The average molecular weight is 265 g/mol. The van der Waals surface area contributed by atoms with Gasteiger partial charge in [-0.25, -0.2) is 9.78 Å². The summed E-state index contributed by atoms with van der Waals surface area (Å²) in [6.45, 7) is 0.928. The first-order chi connectivity index (χ1) is 9.06. The largest absolute Gasteiger partial charge is 0.410 e. The molecule has 0 radical (unpaired) electrons. The molecule has 1 unspecified atom stereocenters. The maximum atomic E-state index is 12.1. The van der Waals surface area contributed by atoms with Gasteiger partial charge in [-0.2, -0.15) is 0 Å². The molecule has 1 fully saturated rings. The predicted octanol–water partition coefficient (Wildman–Crippen LogP) is 0.136. The number of nitrogens with zero attached hydrogens (tertiary/aromatic N) is 2. The second-order valence-electron chi connectivity index (χ2n) is 4.35. The van der Waals surface area contributed by atoms with Gasteiger partial charge in [0, 0.05) is 13.1 Å². The van der Waals surface area contributed by atoms with E-state index in [0.29, 0.717) is 19.5 Å². The molecule has 0 spiro atoms. The fourth-order valence-electron chi connectivity index (χ4n) is 1.98. The highest BCUT2D eigenvalue weighted by atomic mass is 16.5. The number of amides is 2. The Hall–Kier alpha value is -2.15. The molecule has 7 heteroatoms. The molecule has 7 nitrogen and oxygen atoms in total. The number of hydrogen-bond acceptors (Lipinski definition) is 5. The molecule has 1 aromatic heterocycles. The van der Waals surface area contributed by atoms with Gasteiger partial charge < -0.3 is 20.5 Å². The molecule has 19 heavy (non-hydrogen) atoms. The lowest BCUT2D eigenvalue weighted by Gasteiger charge is -2.29. The molecule has 3 N–H and O–H groups in total. The summed E-state index contributed by atoms with van der Waals surface area (Å²) in [5.74, 6) is -0.0629. The maximum Gasteiger partial charge on any atom is 0.410 e. The van der Waals surface area contributed by atoms with E-state index in [0.717, 1.165) is 6.42 Å². The molecule has 0 bridgehead atoms. The highest BCUT2D eigenvalue weighted by Gasteiger charge is 2.23. The predicted molar refractivity (Wildman–Crippen MR) is 65.6 cm³/mol. The van der Waals surface area contributed by atoms with Gasteiger partial charge in [-0.15, -0.1) is 0 Å². The molecule has 1 atom stereocenters. The Morgan fingerprint density at radius 1 is 1.47 bits per heavy atom. The van der Waals surface area contributed by atoms with E-state index in [9.17, 15) is 14.7 Å². The number of hydrogen-bond donors (Lipinski definition) is 2. The van der Waals surface area contributed by atoms with Crippen molar-refractivity contribution in [3.05, 3.63) is 24.0 Å². The minimum absolute atomic E-state index is 0.183. The van der Waals surface area contributed by atoms with E-state index in [1.54, 1.807) is 4.90 Å². The zero-order valence-corrected chi connectivity index (χ0v) is 10.3. The van der Waals surface area contributed by atoms with Crippen LogP contribution in [0.15, 0.2) is 18.3 Å². The Balaban J connectivity index is 2.04. The van der Waals surface area contributed by atoms with Crippen LogP contribution in [0, 0.1) is 0 Å². The van der Waals surface area contributed by atoms with Crippen LogP contribution in [0.3, 0.4) is 0 Å². The molecule has 102 valence electrons. The summed E-state index contributed by atoms with van der Waals surface area (Å²) < 4.78 is 4.62. The lowest BCUT2D eigenvalue weighted by Crippen LogP contribution is -2.42. The molecule has 1 aromatic rings. The summed E-state index contributed by atoms with van der Waals surface area (Å²) in [5.41, 5.74) is 5.10. The van der Waals surface area contributed by atoms with Crippen LogP contribution >= 0.6 is 0 Å². The molecule has 0 saturated carbocycles. The van der Waals surface area contributed by atoms with Crippen LogP contribution < -0.4 is 10.5 Å². The molecule has 1 saturated heterocycles. The number of β-amino-alcohol motifs (C(OH)–C–C–N with tert-alkyl or cyclic N) is 1. The quantitative estimate of drug-likeness (QED) is 0.791. The first-order valence-corrected chi connectivity index (χ1v) is 5.97. The van der Waals surface area contributed by atoms with Crippen LogP contribution in [0.4, 0.5) is 4.79 Å². The molecule has 2 rings (SSSR count). The number of carbonyl (C=O) groups is 2. The van der Waals surface area contributed by atoms with E-state index >= 15 is 0 Å². The fourth-order valence-corrected chi connectivity index (χ4v) is 1.98. The molecule has 0 aromatic carbocycles. The summed E-state index contributed by atoms with van der Waals surface area (Å²) in [7, 11) is 0. The standard InChI is InChI=1S/C12H15N3O4/c13-12(18)19-9-3-4-10(14-6-9)11(17)15-5-1-2-8(16)7-15/h3-4,6,8,16H,1-2,5,7H2,(H2,13,18). The van der Waals surface area contributed by atoms with Crippen molar-refractivity contribution in [2.45, 2.75) is 18.9 Å². The second-order valence-corrected chi connectivity index (χ2v) is 4.35. The lowest BCUT2D eigenvalue weighted by atomic mass is 10.1. The molecule has 0 aliphatic carbocycles. The Labute approximate surface area is 110 Å². The van der Waals surface area contributed by atoms with Gasteiger partial charge in [-0.3, -0.25) is 4.79 Å². The third-order valence-electron chi connectivity index (χ3n) is 2.86. The van der Waals surface area contributed by atoms with E-state index in [1.165, 1.54) is 18.3 Å². The van der Waals surface area contributed by atoms with Crippen LogP contribution in [0.1, 0.15) is 23.3 Å². The van der Waals surface area contributed by atoms with Crippen LogP contribution in [0.2, 0.25) is 0 Å². The molecule has 1 aliphatic heterocycles.